The zero-order valence-corrected chi connectivity index (χ0v) is 9.98. The third kappa shape index (κ3) is 2.52. The van der Waals surface area contributed by atoms with Crippen LogP contribution >= 0.6 is 11.8 Å². The van der Waals surface area contributed by atoms with Crippen molar-refractivity contribution in [3.05, 3.63) is 23.3 Å². The molecule has 0 aliphatic rings. The summed E-state index contributed by atoms with van der Waals surface area (Å²) >= 11 is 1.61. The number of rotatable bonds is 4. The summed E-state index contributed by atoms with van der Waals surface area (Å²) in [5.74, 6) is 0.503. The highest BCUT2D eigenvalue weighted by Crippen LogP contribution is 2.28. The first-order valence-corrected chi connectivity index (χ1v) is 5.82. The molecular weight excluding hydrogens is 210 g/mol. The third-order valence-electron chi connectivity index (χ3n) is 2.20. The van der Waals surface area contributed by atoms with Crippen LogP contribution in [0.4, 0.5) is 0 Å². The van der Waals surface area contributed by atoms with E-state index in [1.807, 2.05) is 25.3 Å². The van der Waals surface area contributed by atoms with Gasteiger partial charge in [0.15, 0.2) is 5.78 Å². The summed E-state index contributed by atoms with van der Waals surface area (Å²) in [6.07, 6.45) is 1.98. The summed E-state index contributed by atoms with van der Waals surface area (Å²) in [6.45, 7) is 2.00. The maximum atomic E-state index is 11.6. The molecule has 1 aromatic rings. The number of ketones is 1. The summed E-state index contributed by atoms with van der Waals surface area (Å²) in [5, 5.41) is 0. The number of hydrogen-bond donors (Lipinski definition) is 1. The van der Waals surface area contributed by atoms with Gasteiger partial charge < -0.3 is 10.5 Å². The average Bonchev–Trinajstić information content (AvgIpc) is 2.27. The van der Waals surface area contributed by atoms with Crippen molar-refractivity contribution >= 4 is 17.5 Å². The number of carbonyl (C=O) groups is 1. The van der Waals surface area contributed by atoms with Gasteiger partial charge in [-0.1, -0.05) is 0 Å². The quantitative estimate of drug-likeness (QED) is 0.628. The first kappa shape index (κ1) is 12.1. The normalized spacial score (nSPS) is 10.1. The van der Waals surface area contributed by atoms with Crippen molar-refractivity contribution in [1.82, 2.24) is 0 Å². The van der Waals surface area contributed by atoms with E-state index in [1.165, 1.54) is 0 Å². The zero-order chi connectivity index (χ0) is 11.4. The molecule has 0 atom stereocenters. The van der Waals surface area contributed by atoms with Gasteiger partial charge in [-0.05, 0) is 30.9 Å². The van der Waals surface area contributed by atoms with Crippen LogP contribution in [0.1, 0.15) is 15.9 Å². The molecule has 0 fully saturated rings. The summed E-state index contributed by atoms with van der Waals surface area (Å²) in [5.41, 5.74) is 7.01. The number of methoxy groups -OCH3 is 1. The number of aryl methyl sites for hydroxylation is 1. The van der Waals surface area contributed by atoms with Crippen LogP contribution in [-0.2, 0) is 0 Å². The van der Waals surface area contributed by atoms with Gasteiger partial charge in [-0.2, -0.15) is 0 Å². The van der Waals surface area contributed by atoms with Crippen LogP contribution in [0.15, 0.2) is 17.0 Å². The van der Waals surface area contributed by atoms with E-state index in [0.29, 0.717) is 11.3 Å². The number of Topliss-reactive ketones (excluding diaryl/α,β-unsaturated/α-hetero) is 1. The Morgan fingerprint density at radius 2 is 2.20 bits per heavy atom. The summed E-state index contributed by atoms with van der Waals surface area (Å²) in [6, 6.07) is 3.71. The number of ether oxygens (including phenoxy) is 1. The van der Waals surface area contributed by atoms with Crippen LogP contribution in [0.2, 0.25) is 0 Å². The molecule has 0 aliphatic heterocycles. The van der Waals surface area contributed by atoms with E-state index in [9.17, 15) is 4.79 Å². The molecule has 0 spiro atoms. The molecule has 1 rings (SSSR count). The van der Waals surface area contributed by atoms with Crippen LogP contribution in [0, 0.1) is 6.92 Å². The van der Waals surface area contributed by atoms with Crippen LogP contribution in [0.5, 0.6) is 5.75 Å². The molecule has 1 aromatic carbocycles. The van der Waals surface area contributed by atoms with E-state index in [2.05, 4.69) is 0 Å². The lowest BCUT2D eigenvalue weighted by Crippen LogP contribution is -2.14. The summed E-state index contributed by atoms with van der Waals surface area (Å²) in [4.78, 5) is 12.6. The number of benzene rings is 1. The number of thioether (sulfide) groups is 1. The predicted molar refractivity (Wildman–Crippen MR) is 62.9 cm³/mol. The minimum absolute atomic E-state index is 0.00718. The number of carbonyl (C=O) groups excluding carboxylic acids is 1. The molecule has 15 heavy (non-hydrogen) atoms. The first-order chi connectivity index (χ1) is 7.13. The average molecular weight is 225 g/mol. The second kappa shape index (κ2) is 5.19. The van der Waals surface area contributed by atoms with E-state index in [-0.39, 0.29) is 12.3 Å². The van der Waals surface area contributed by atoms with Gasteiger partial charge >= 0.3 is 0 Å². The van der Waals surface area contributed by atoms with Gasteiger partial charge in [0.1, 0.15) is 5.75 Å². The molecule has 0 saturated heterocycles. The second-order valence-electron chi connectivity index (χ2n) is 3.15. The van der Waals surface area contributed by atoms with E-state index >= 15 is 0 Å². The molecule has 0 aromatic heterocycles. The van der Waals surface area contributed by atoms with Gasteiger partial charge in [-0.25, -0.2) is 0 Å². The largest absolute Gasteiger partial charge is 0.496 e. The standard InChI is InChI=1S/C11H15NO2S/c1-7-4-10(14-2)8(9(13)6-12)5-11(7)15-3/h4-5H,6,12H2,1-3H3. The smallest absolute Gasteiger partial charge is 0.180 e. The number of nitrogens with two attached hydrogens (primary N) is 1. The van der Waals surface area contributed by atoms with Crippen LogP contribution < -0.4 is 10.5 Å². The molecule has 3 nitrogen and oxygen atoms in total. The van der Waals surface area contributed by atoms with Crippen molar-refractivity contribution in [2.45, 2.75) is 11.8 Å². The Kier molecular flexibility index (Phi) is 4.17. The predicted octanol–water partition coefficient (Wildman–Crippen LogP) is 1.87. The SMILES string of the molecule is COc1cc(C)c(SC)cc1C(=O)CN. The fraction of sp³-hybridized carbons (Fsp3) is 0.364. The van der Waals surface area contributed by atoms with E-state index < -0.39 is 0 Å². The Bertz CT molecular complexity index is 377. The summed E-state index contributed by atoms with van der Waals surface area (Å²) < 4.78 is 5.16. The number of hydrogen-bond acceptors (Lipinski definition) is 4. The van der Waals surface area contributed by atoms with Crippen molar-refractivity contribution < 1.29 is 9.53 Å². The van der Waals surface area contributed by atoms with Gasteiger partial charge in [-0.15, -0.1) is 11.8 Å². The Morgan fingerprint density at radius 1 is 1.53 bits per heavy atom. The maximum Gasteiger partial charge on any atom is 0.180 e. The Labute approximate surface area is 94.0 Å². The Balaban J connectivity index is 3.28. The molecule has 0 bridgehead atoms. The van der Waals surface area contributed by atoms with Crippen molar-refractivity contribution in [3.63, 3.8) is 0 Å². The molecule has 0 aliphatic carbocycles. The lowest BCUT2D eigenvalue weighted by Gasteiger charge is -2.10. The van der Waals surface area contributed by atoms with E-state index in [0.717, 1.165) is 10.5 Å². The first-order valence-electron chi connectivity index (χ1n) is 4.60. The highest BCUT2D eigenvalue weighted by molar-refractivity contribution is 7.98. The minimum atomic E-state index is -0.0952. The van der Waals surface area contributed by atoms with Crippen molar-refractivity contribution in [2.24, 2.45) is 5.73 Å². The fourth-order valence-corrected chi connectivity index (χ4v) is 1.99. The minimum Gasteiger partial charge on any atom is -0.496 e. The molecular formula is C11H15NO2S. The molecule has 0 heterocycles. The van der Waals surface area contributed by atoms with Gasteiger partial charge in [0.05, 0.1) is 19.2 Å². The zero-order valence-electron chi connectivity index (χ0n) is 9.16. The van der Waals surface area contributed by atoms with E-state index in [1.54, 1.807) is 18.9 Å². The molecule has 2 N–H and O–H groups in total. The molecule has 0 radical (unpaired) electrons. The van der Waals surface area contributed by atoms with Crippen LogP contribution in [0.3, 0.4) is 0 Å². The van der Waals surface area contributed by atoms with Crippen LogP contribution in [-0.4, -0.2) is 25.7 Å². The monoisotopic (exact) mass is 225 g/mol. The van der Waals surface area contributed by atoms with Gasteiger partial charge in [0, 0.05) is 4.90 Å². The Hall–Kier alpha value is -1.00. The van der Waals surface area contributed by atoms with Crippen molar-refractivity contribution in [1.29, 1.82) is 0 Å². The highest BCUT2D eigenvalue weighted by atomic mass is 32.2. The van der Waals surface area contributed by atoms with Crippen LogP contribution in [0.25, 0.3) is 0 Å². The summed E-state index contributed by atoms with van der Waals surface area (Å²) in [7, 11) is 1.56. The van der Waals surface area contributed by atoms with Gasteiger partial charge in [0.25, 0.3) is 0 Å². The highest BCUT2D eigenvalue weighted by Gasteiger charge is 2.13. The lowest BCUT2D eigenvalue weighted by atomic mass is 10.1. The third-order valence-corrected chi connectivity index (χ3v) is 3.08. The lowest BCUT2D eigenvalue weighted by molar-refractivity contribution is 0.0998. The van der Waals surface area contributed by atoms with Crippen molar-refractivity contribution in [3.8, 4) is 5.75 Å². The molecule has 0 unspecified atom stereocenters. The second-order valence-corrected chi connectivity index (χ2v) is 4.00. The maximum absolute atomic E-state index is 11.6. The molecule has 82 valence electrons. The molecule has 0 amide bonds. The molecule has 0 saturated carbocycles. The van der Waals surface area contributed by atoms with Crippen molar-refractivity contribution in [2.75, 3.05) is 19.9 Å². The topological polar surface area (TPSA) is 52.3 Å². The van der Waals surface area contributed by atoms with Gasteiger partial charge in [0.2, 0.25) is 0 Å². The molecule has 4 heteroatoms. The van der Waals surface area contributed by atoms with E-state index in [4.69, 9.17) is 10.5 Å². The Morgan fingerprint density at radius 3 is 2.67 bits per heavy atom. The van der Waals surface area contributed by atoms with Gasteiger partial charge in [-0.3, -0.25) is 4.79 Å². The fourth-order valence-electron chi connectivity index (χ4n) is 1.38.